The highest BCUT2D eigenvalue weighted by atomic mass is 79.9. The third kappa shape index (κ3) is 5.75. The first-order valence-electron chi connectivity index (χ1n) is 10.6. The Morgan fingerprint density at radius 1 is 1.25 bits per heavy atom. The Hall–Kier alpha value is -2.45. The predicted octanol–water partition coefficient (Wildman–Crippen LogP) is 3.00. The van der Waals surface area contributed by atoms with Gasteiger partial charge in [0.05, 0.1) is 5.75 Å². The molecule has 2 atom stereocenters. The molecule has 1 aromatic rings. The van der Waals surface area contributed by atoms with Gasteiger partial charge in [0.25, 0.3) is 5.91 Å². The van der Waals surface area contributed by atoms with Crippen molar-refractivity contribution in [1.82, 2.24) is 15.1 Å². The minimum atomic E-state index is -4.54. The molecular weight excluding hydrogens is 587 g/mol. The summed E-state index contributed by atoms with van der Waals surface area (Å²) >= 11 is 5.84. The number of nitrogens with zero attached hydrogens (tertiary/aromatic N) is 2. The van der Waals surface area contributed by atoms with Crippen LogP contribution in [0.4, 0.5) is 13.2 Å². The van der Waals surface area contributed by atoms with Gasteiger partial charge in [0.1, 0.15) is 23.7 Å². The van der Waals surface area contributed by atoms with Crippen molar-refractivity contribution in [3.05, 3.63) is 51.7 Å². The number of fused-ring (bicyclic) bond motifs is 1. The molecule has 1 aromatic carbocycles. The van der Waals surface area contributed by atoms with Crippen molar-refractivity contribution < 1.29 is 37.5 Å². The summed E-state index contributed by atoms with van der Waals surface area (Å²) in [6.45, 7) is -1.50. The molecular formula is C22H19BrF3N3O5S2. The minimum absolute atomic E-state index is 0.0437. The Bertz CT molecular complexity index is 1170. The molecule has 4 rings (SSSR count). The van der Waals surface area contributed by atoms with Crippen LogP contribution >= 0.6 is 39.5 Å². The first-order chi connectivity index (χ1) is 16.9. The number of likely N-dealkylation sites (tertiary alicyclic amines) is 1. The van der Waals surface area contributed by atoms with E-state index in [4.69, 9.17) is 0 Å². The van der Waals surface area contributed by atoms with E-state index < -0.39 is 41.9 Å². The molecule has 0 bridgehead atoms. The van der Waals surface area contributed by atoms with Gasteiger partial charge in [-0.3, -0.25) is 19.3 Å². The number of carboxylic acid groups (broad SMARTS) is 1. The third-order valence-corrected chi connectivity index (χ3v) is 8.47. The van der Waals surface area contributed by atoms with E-state index in [0.29, 0.717) is 4.90 Å². The van der Waals surface area contributed by atoms with Gasteiger partial charge in [-0.15, -0.1) is 23.5 Å². The number of β-lactam (4-membered cyclic amide) rings is 1. The van der Waals surface area contributed by atoms with Crippen molar-refractivity contribution in [1.29, 1.82) is 0 Å². The quantitative estimate of drug-likeness (QED) is 0.279. The van der Waals surface area contributed by atoms with Gasteiger partial charge in [0.2, 0.25) is 11.8 Å². The maximum Gasteiger partial charge on any atom is 0.406 e. The summed E-state index contributed by atoms with van der Waals surface area (Å²) in [6.07, 6.45) is -3.22. The molecule has 2 fully saturated rings. The van der Waals surface area contributed by atoms with Crippen molar-refractivity contribution in [3.8, 4) is 0 Å². The molecule has 2 N–H and O–H groups in total. The zero-order valence-corrected chi connectivity index (χ0v) is 21.6. The highest BCUT2D eigenvalue weighted by Crippen LogP contribution is 2.41. The maximum atomic E-state index is 12.8. The van der Waals surface area contributed by atoms with Crippen LogP contribution in [-0.2, 0) is 19.2 Å². The molecule has 0 aliphatic carbocycles. The van der Waals surface area contributed by atoms with Gasteiger partial charge in [0, 0.05) is 27.2 Å². The molecule has 0 unspecified atom stereocenters. The Labute approximate surface area is 220 Å². The Morgan fingerprint density at radius 2 is 1.94 bits per heavy atom. The molecule has 0 saturated carbocycles. The van der Waals surface area contributed by atoms with Crippen LogP contribution in [-0.4, -0.2) is 80.8 Å². The van der Waals surface area contributed by atoms with E-state index in [1.807, 2.05) is 24.3 Å². The van der Waals surface area contributed by atoms with E-state index in [0.717, 1.165) is 14.3 Å². The molecule has 3 amide bonds. The monoisotopic (exact) mass is 605 g/mol. The van der Waals surface area contributed by atoms with Crippen molar-refractivity contribution in [2.24, 2.45) is 0 Å². The Morgan fingerprint density at radius 3 is 2.58 bits per heavy atom. The number of carbonyl (C=O) groups is 4. The Kier molecular flexibility index (Phi) is 7.76. The third-order valence-electron chi connectivity index (χ3n) is 5.63. The topological polar surface area (TPSA) is 107 Å². The number of benzene rings is 1. The molecule has 36 heavy (non-hydrogen) atoms. The van der Waals surface area contributed by atoms with Gasteiger partial charge in [-0.1, -0.05) is 15.9 Å². The van der Waals surface area contributed by atoms with Crippen molar-refractivity contribution in [2.75, 3.05) is 24.6 Å². The second-order valence-electron chi connectivity index (χ2n) is 8.14. The van der Waals surface area contributed by atoms with E-state index in [1.54, 1.807) is 0 Å². The fraction of sp³-hybridized carbons (Fsp3) is 0.364. The van der Waals surface area contributed by atoms with Crippen LogP contribution in [0.15, 0.2) is 56.6 Å². The van der Waals surface area contributed by atoms with E-state index in [9.17, 15) is 37.5 Å². The number of allylic oxidation sites excluding steroid dienone is 1. The number of halogens is 4. The fourth-order valence-electron chi connectivity index (χ4n) is 4.03. The second-order valence-corrected chi connectivity index (χ2v) is 11.2. The molecule has 0 aromatic heterocycles. The van der Waals surface area contributed by atoms with Crippen LogP contribution in [0.3, 0.4) is 0 Å². The SMILES string of the molecule is O=C(CSc1ccc(Br)cc1)N[C@@H]1C(=O)N2C(C(=O)O)=C(C=C3CCN(CC(F)(F)F)C3=O)CS[C@H]12. The molecule has 3 aliphatic rings. The van der Waals surface area contributed by atoms with Gasteiger partial charge >= 0.3 is 12.1 Å². The number of carboxylic acids is 1. The summed E-state index contributed by atoms with van der Waals surface area (Å²) in [5, 5.41) is 11.8. The lowest BCUT2D eigenvalue weighted by Gasteiger charge is -2.49. The normalized spacial score (nSPS) is 23.2. The largest absolute Gasteiger partial charge is 0.477 e. The molecule has 192 valence electrons. The standard InChI is InChI=1S/C22H19BrF3N3O5S2/c23-13-1-3-14(4-2-13)35-9-15(30)27-16-19(32)29-17(21(33)34)12(8-36-20(16)29)7-11-5-6-28(18(11)31)10-22(24,25)26/h1-4,7,16,20H,5-6,8-10H2,(H,27,30)(H,33,34)/t16-,20-/m1/s1. The van der Waals surface area contributed by atoms with E-state index in [2.05, 4.69) is 21.2 Å². The molecule has 0 spiro atoms. The highest BCUT2D eigenvalue weighted by Gasteiger charge is 2.54. The lowest BCUT2D eigenvalue weighted by Crippen LogP contribution is -2.70. The van der Waals surface area contributed by atoms with E-state index in [-0.39, 0.29) is 47.2 Å². The molecule has 14 heteroatoms. The number of thioether (sulfide) groups is 2. The summed E-state index contributed by atoms with van der Waals surface area (Å²) in [5.74, 6) is -2.99. The number of aliphatic carboxylic acids is 1. The van der Waals surface area contributed by atoms with Gasteiger partial charge in [-0.05, 0) is 42.3 Å². The van der Waals surface area contributed by atoms with Crippen LogP contribution in [0.25, 0.3) is 0 Å². The maximum absolute atomic E-state index is 12.8. The van der Waals surface area contributed by atoms with Crippen LogP contribution in [0, 0.1) is 0 Å². The highest BCUT2D eigenvalue weighted by molar-refractivity contribution is 9.10. The smallest absolute Gasteiger partial charge is 0.406 e. The van der Waals surface area contributed by atoms with E-state index in [1.165, 1.54) is 29.6 Å². The summed E-state index contributed by atoms with van der Waals surface area (Å²) < 4.78 is 38.9. The number of alkyl halides is 3. The molecule has 2 saturated heterocycles. The average molecular weight is 606 g/mol. The summed E-state index contributed by atoms with van der Waals surface area (Å²) in [5.41, 5.74) is -0.0900. The predicted molar refractivity (Wildman–Crippen MR) is 130 cm³/mol. The molecule has 3 heterocycles. The first-order valence-corrected chi connectivity index (χ1v) is 13.4. The minimum Gasteiger partial charge on any atom is -0.477 e. The summed E-state index contributed by atoms with van der Waals surface area (Å²) in [4.78, 5) is 52.1. The number of hydrogen-bond donors (Lipinski definition) is 2. The van der Waals surface area contributed by atoms with Crippen LogP contribution in [0.5, 0.6) is 0 Å². The number of amides is 3. The number of nitrogens with one attached hydrogen (secondary N) is 1. The fourth-order valence-corrected chi connectivity index (χ4v) is 6.31. The van der Waals surface area contributed by atoms with Crippen molar-refractivity contribution >= 4 is 63.1 Å². The molecule has 8 nitrogen and oxygen atoms in total. The van der Waals surface area contributed by atoms with Gasteiger partial charge in [0.15, 0.2) is 0 Å². The van der Waals surface area contributed by atoms with Crippen LogP contribution in [0.2, 0.25) is 0 Å². The lowest BCUT2D eigenvalue weighted by molar-refractivity contribution is -0.156. The molecule has 0 radical (unpaired) electrons. The van der Waals surface area contributed by atoms with Crippen molar-refractivity contribution in [2.45, 2.75) is 28.9 Å². The van der Waals surface area contributed by atoms with Crippen LogP contribution < -0.4 is 5.32 Å². The summed E-state index contributed by atoms with van der Waals surface area (Å²) in [6, 6.07) is 6.46. The average Bonchev–Trinajstić information content (AvgIpc) is 3.14. The Balaban J connectivity index is 1.43. The van der Waals surface area contributed by atoms with Crippen LogP contribution in [0.1, 0.15) is 6.42 Å². The van der Waals surface area contributed by atoms with E-state index >= 15 is 0 Å². The second kappa shape index (κ2) is 10.5. The van der Waals surface area contributed by atoms with Gasteiger partial charge < -0.3 is 15.3 Å². The number of hydrogen-bond acceptors (Lipinski definition) is 6. The number of rotatable bonds is 7. The zero-order valence-electron chi connectivity index (χ0n) is 18.4. The van der Waals surface area contributed by atoms with Gasteiger partial charge in [-0.2, -0.15) is 13.2 Å². The van der Waals surface area contributed by atoms with Crippen molar-refractivity contribution in [3.63, 3.8) is 0 Å². The number of carbonyl (C=O) groups excluding carboxylic acids is 3. The lowest BCUT2D eigenvalue weighted by atomic mass is 10.0. The first kappa shape index (κ1) is 26.6. The zero-order chi connectivity index (χ0) is 26.2. The summed E-state index contributed by atoms with van der Waals surface area (Å²) in [7, 11) is 0. The molecule has 3 aliphatic heterocycles. The van der Waals surface area contributed by atoms with Gasteiger partial charge in [-0.25, -0.2) is 4.79 Å².